The Kier molecular flexibility index (Phi) is 11.6. The Morgan fingerprint density at radius 2 is 0.833 bits per heavy atom. The van der Waals surface area contributed by atoms with Crippen molar-refractivity contribution in [1.82, 2.24) is 0 Å². The molecule has 0 bridgehead atoms. The molecule has 0 unspecified atom stereocenters. The van der Waals surface area contributed by atoms with Crippen LogP contribution in [0.25, 0.3) is 0 Å². The summed E-state index contributed by atoms with van der Waals surface area (Å²) in [6.45, 7) is 23.2. The second-order valence-corrected chi connectivity index (χ2v) is 7.90. The molecule has 4 nitrogen and oxygen atoms in total. The molecular weight excluding hydrogens is 407 g/mol. The van der Waals surface area contributed by atoms with E-state index in [4.69, 9.17) is 18.9 Å². The van der Waals surface area contributed by atoms with Gasteiger partial charge in [-0.15, -0.1) is 12.8 Å². The first-order valence-electron chi connectivity index (χ1n) is 8.18. The Labute approximate surface area is 170 Å². The van der Waals surface area contributed by atoms with Gasteiger partial charge >= 0.3 is 34.1 Å². The van der Waals surface area contributed by atoms with Gasteiger partial charge in [-0.25, -0.2) is 0 Å². The fourth-order valence-electron chi connectivity index (χ4n) is 2.81. The van der Waals surface area contributed by atoms with Crippen LogP contribution in [0.5, 0.6) is 0 Å². The molecule has 2 saturated heterocycles. The minimum Gasteiger partial charge on any atom is -0.350 e. The van der Waals surface area contributed by atoms with E-state index in [1.807, 2.05) is 0 Å². The molecule has 2 aliphatic heterocycles. The molecule has 0 aromatic carbocycles. The van der Waals surface area contributed by atoms with Crippen molar-refractivity contribution in [2.45, 2.75) is 66.0 Å². The molecule has 0 amide bonds. The quantitative estimate of drug-likeness (QED) is 0.480. The van der Waals surface area contributed by atoms with Gasteiger partial charge in [-0.1, -0.05) is 41.5 Å². The van der Waals surface area contributed by atoms with Gasteiger partial charge in [-0.2, -0.15) is 0 Å². The van der Waals surface area contributed by atoms with Crippen LogP contribution in [0.15, 0.2) is 0 Å². The largest absolute Gasteiger partial charge is 1.00 e. The number of hydrogen-bond donors (Lipinski definition) is 0. The van der Waals surface area contributed by atoms with E-state index in [1.165, 1.54) is 0 Å². The topological polar surface area (TPSA) is 36.9 Å². The van der Waals surface area contributed by atoms with Crippen molar-refractivity contribution in [2.24, 2.45) is 10.8 Å². The molecule has 0 radical (unpaired) electrons. The van der Waals surface area contributed by atoms with Crippen LogP contribution in [0, 0.1) is 24.7 Å². The van der Waals surface area contributed by atoms with Crippen molar-refractivity contribution in [3.05, 3.63) is 13.8 Å². The molecule has 2 heterocycles. The first kappa shape index (κ1) is 27.1. The molecule has 0 aliphatic carbocycles. The molecule has 2 fully saturated rings. The van der Waals surface area contributed by atoms with Crippen molar-refractivity contribution in [3.8, 4) is 0 Å². The zero-order valence-electron chi connectivity index (χ0n) is 15.9. The maximum atomic E-state index is 5.57. The summed E-state index contributed by atoms with van der Waals surface area (Å²) in [6.07, 6.45) is 1.35. The van der Waals surface area contributed by atoms with Crippen LogP contribution in [-0.4, -0.2) is 38.0 Å². The maximum Gasteiger partial charge on any atom is 1.00 e. The average molecular weight is 442 g/mol. The van der Waals surface area contributed by atoms with Gasteiger partial charge in [-0.05, 0) is 0 Å². The number of hydrogen-bond acceptors (Lipinski definition) is 4. The summed E-state index contributed by atoms with van der Waals surface area (Å²) in [6, 6.07) is 0. The third-order valence-electron chi connectivity index (χ3n) is 4.45. The summed E-state index contributed by atoms with van der Waals surface area (Å²) in [4.78, 5) is 0. The van der Waals surface area contributed by atoms with Crippen molar-refractivity contribution in [3.63, 3.8) is 0 Å². The predicted molar refractivity (Wildman–Crippen MR) is 88.1 cm³/mol. The zero-order valence-corrected chi connectivity index (χ0v) is 17.8. The molecule has 0 atom stereocenters. The first-order chi connectivity index (χ1) is 10.0. The van der Waals surface area contributed by atoms with Gasteiger partial charge in [0.15, 0.2) is 0 Å². The van der Waals surface area contributed by atoms with Crippen LogP contribution in [0.3, 0.4) is 0 Å². The molecule has 0 aromatic heterocycles. The van der Waals surface area contributed by atoms with E-state index >= 15 is 0 Å². The first-order valence-corrected chi connectivity index (χ1v) is 8.18. The molecular formula is C18H34Cu2O4. The zero-order chi connectivity index (χ0) is 17.1. The van der Waals surface area contributed by atoms with Crippen molar-refractivity contribution in [2.75, 3.05) is 26.4 Å². The standard InChI is InChI=1S/2C9H17O2.2Cu/c2*1-5-9(8(2,3)4)10-6-7-11-9;;/h2*1,5-7H2,2-4H3;;/q2*-1;2*+1. The molecule has 0 saturated carbocycles. The van der Waals surface area contributed by atoms with Gasteiger partial charge in [0.1, 0.15) is 11.6 Å². The molecule has 152 valence electrons. The predicted octanol–water partition coefficient (Wildman–Crippen LogP) is 3.99. The molecule has 6 heteroatoms. The Bertz CT molecular complexity index is 302. The van der Waals surface area contributed by atoms with Gasteiger partial charge in [0.05, 0.1) is 26.4 Å². The summed E-state index contributed by atoms with van der Waals surface area (Å²) in [7, 11) is 0. The van der Waals surface area contributed by atoms with E-state index in [0.717, 1.165) is 0 Å². The number of rotatable bonds is 2. The van der Waals surface area contributed by atoms with Gasteiger partial charge < -0.3 is 32.8 Å². The summed E-state index contributed by atoms with van der Waals surface area (Å²) in [5, 5.41) is 0. The van der Waals surface area contributed by atoms with Crippen molar-refractivity contribution in [1.29, 1.82) is 0 Å². The molecule has 2 aliphatic rings. The van der Waals surface area contributed by atoms with E-state index in [9.17, 15) is 0 Å². The molecule has 2 rings (SSSR count). The minimum atomic E-state index is -0.437. The van der Waals surface area contributed by atoms with Crippen LogP contribution in [0.4, 0.5) is 0 Å². The van der Waals surface area contributed by atoms with Crippen molar-refractivity contribution < 1.29 is 53.1 Å². The van der Waals surface area contributed by atoms with Crippen LogP contribution in [0.1, 0.15) is 54.4 Å². The summed E-state index contributed by atoms with van der Waals surface area (Å²) < 4.78 is 22.3. The van der Waals surface area contributed by atoms with Crippen molar-refractivity contribution >= 4 is 0 Å². The smallest absolute Gasteiger partial charge is 0.350 e. The Balaban J connectivity index is 0. The van der Waals surface area contributed by atoms with Crippen LogP contribution in [0.2, 0.25) is 0 Å². The maximum absolute atomic E-state index is 5.57. The van der Waals surface area contributed by atoms with E-state index < -0.39 is 11.6 Å². The number of ether oxygens (including phenoxy) is 4. The Morgan fingerprint density at radius 1 is 0.625 bits per heavy atom. The van der Waals surface area contributed by atoms with Gasteiger partial charge in [-0.3, -0.25) is 0 Å². The molecule has 24 heavy (non-hydrogen) atoms. The monoisotopic (exact) mass is 440 g/mol. The van der Waals surface area contributed by atoms with E-state index in [1.54, 1.807) is 0 Å². The normalized spacial score (nSPS) is 22.0. The van der Waals surface area contributed by atoms with Gasteiger partial charge in [0.2, 0.25) is 0 Å². The third kappa shape index (κ3) is 5.96. The van der Waals surface area contributed by atoms with Gasteiger partial charge in [0.25, 0.3) is 0 Å². The van der Waals surface area contributed by atoms with E-state index in [-0.39, 0.29) is 45.0 Å². The SMILES string of the molecule is [CH2-]CC1(C(C)(C)C)OCCO1.[CH2-]CC1(C(C)(C)C)OCCO1.[Cu+].[Cu+]. The summed E-state index contributed by atoms with van der Waals surface area (Å²) in [5.74, 6) is -0.875. The van der Waals surface area contributed by atoms with Crippen LogP contribution >= 0.6 is 0 Å². The van der Waals surface area contributed by atoms with Crippen LogP contribution < -0.4 is 0 Å². The second kappa shape index (κ2) is 10.3. The van der Waals surface area contributed by atoms with Crippen LogP contribution in [-0.2, 0) is 53.1 Å². The second-order valence-electron chi connectivity index (χ2n) is 7.90. The summed E-state index contributed by atoms with van der Waals surface area (Å²) >= 11 is 0. The summed E-state index contributed by atoms with van der Waals surface area (Å²) in [5.41, 5.74) is 0.0382. The Morgan fingerprint density at radius 3 is 0.917 bits per heavy atom. The fraction of sp³-hybridized carbons (Fsp3) is 0.889. The molecule has 0 aromatic rings. The third-order valence-corrected chi connectivity index (χ3v) is 4.45. The molecule has 0 spiro atoms. The van der Waals surface area contributed by atoms with E-state index in [0.29, 0.717) is 39.3 Å². The van der Waals surface area contributed by atoms with E-state index in [2.05, 4.69) is 55.4 Å². The van der Waals surface area contributed by atoms with Gasteiger partial charge in [0, 0.05) is 10.8 Å². The fourth-order valence-corrected chi connectivity index (χ4v) is 2.81. The average Bonchev–Trinajstić information content (AvgIpc) is 3.08. The Hall–Kier alpha value is 0.879. The molecule has 0 N–H and O–H groups in total. The minimum absolute atomic E-state index is 0.